The minimum atomic E-state index is 0.0100. The van der Waals surface area contributed by atoms with E-state index in [9.17, 15) is 4.79 Å². The molecular formula is C10H20N2O. The van der Waals surface area contributed by atoms with Crippen LogP contribution < -0.4 is 5.32 Å². The minimum absolute atomic E-state index is 0.0100. The Balaban J connectivity index is 3.70. The van der Waals surface area contributed by atoms with E-state index in [-0.39, 0.29) is 6.03 Å². The average molecular weight is 184 g/mol. The molecule has 0 heterocycles. The summed E-state index contributed by atoms with van der Waals surface area (Å²) in [4.78, 5) is 13.1. The van der Waals surface area contributed by atoms with E-state index in [2.05, 4.69) is 18.8 Å². The van der Waals surface area contributed by atoms with Gasteiger partial charge >= 0.3 is 6.03 Å². The van der Waals surface area contributed by atoms with Crippen molar-refractivity contribution in [3.05, 3.63) is 12.7 Å². The summed E-state index contributed by atoms with van der Waals surface area (Å²) >= 11 is 0. The van der Waals surface area contributed by atoms with Crippen molar-refractivity contribution in [2.24, 2.45) is 0 Å². The van der Waals surface area contributed by atoms with Gasteiger partial charge in [-0.25, -0.2) is 4.79 Å². The Hall–Kier alpha value is -0.990. The van der Waals surface area contributed by atoms with Crippen molar-refractivity contribution in [3.8, 4) is 0 Å². The quantitative estimate of drug-likeness (QED) is 0.497. The first-order valence-corrected chi connectivity index (χ1v) is 4.89. The topological polar surface area (TPSA) is 32.3 Å². The lowest BCUT2D eigenvalue weighted by atomic mass is 10.3. The fourth-order valence-corrected chi connectivity index (χ4v) is 0.995. The van der Waals surface area contributed by atoms with Crippen LogP contribution in [0, 0.1) is 0 Å². The molecule has 0 aromatic carbocycles. The third-order valence-corrected chi connectivity index (χ3v) is 1.82. The van der Waals surface area contributed by atoms with Gasteiger partial charge in [0.2, 0.25) is 0 Å². The average Bonchev–Trinajstić information content (AvgIpc) is 2.14. The SMILES string of the molecule is C=CCN(CC)C(=O)NCCCC. The van der Waals surface area contributed by atoms with Crippen molar-refractivity contribution in [3.63, 3.8) is 0 Å². The van der Waals surface area contributed by atoms with E-state index in [0.29, 0.717) is 6.54 Å². The van der Waals surface area contributed by atoms with Crippen molar-refractivity contribution in [1.82, 2.24) is 10.2 Å². The number of urea groups is 1. The third-order valence-electron chi connectivity index (χ3n) is 1.82. The Bertz CT molecular complexity index is 157. The molecule has 76 valence electrons. The van der Waals surface area contributed by atoms with Gasteiger partial charge in [-0.15, -0.1) is 6.58 Å². The van der Waals surface area contributed by atoms with E-state index < -0.39 is 0 Å². The van der Waals surface area contributed by atoms with E-state index in [1.807, 2.05) is 6.92 Å². The molecule has 0 aliphatic heterocycles. The van der Waals surface area contributed by atoms with Crippen LogP contribution in [0.3, 0.4) is 0 Å². The maximum Gasteiger partial charge on any atom is 0.317 e. The number of rotatable bonds is 6. The van der Waals surface area contributed by atoms with Crippen LogP contribution in [0.5, 0.6) is 0 Å². The van der Waals surface area contributed by atoms with Crippen LogP contribution in [-0.2, 0) is 0 Å². The lowest BCUT2D eigenvalue weighted by molar-refractivity contribution is 0.206. The van der Waals surface area contributed by atoms with Crippen LogP contribution in [0.1, 0.15) is 26.7 Å². The van der Waals surface area contributed by atoms with Gasteiger partial charge in [0, 0.05) is 19.6 Å². The predicted octanol–water partition coefficient (Wildman–Crippen LogP) is 2.00. The molecule has 0 atom stereocenters. The molecule has 0 rings (SSSR count). The fraction of sp³-hybridized carbons (Fsp3) is 0.700. The summed E-state index contributed by atoms with van der Waals surface area (Å²) in [7, 11) is 0. The summed E-state index contributed by atoms with van der Waals surface area (Å²) in [5, 5.41) is 2.86. The zero-order valence-electron chi connectivity index (χ0n) is 8.68. The summed E-state index contributed by atoms with van der Waals surface area (Å²) in [5.74, 6) is 0. The monoisotopic (exact) mass is 184 g/mol. The summed E-state index contributed by atoms with van der Waals surface area (Å²) in [5.41, 5.74) is 0. The Labute approximate surface area is 80.8 Å². The zero-order chi connectivity index (χ0) is 10.1. The molecule has 0 aromatic heterocycles. The molecule has 0 radical (unpaired) electrons. The Morgan fingerprint density at radius 3 is 2.69 bits per heavy atom. The molecule has 0 aromatic rings. The predicted molar refractivity (Wildman–Crippen MR) is 55.8 cm³/mol. The second kappa shape index (κ2) is 7.65. The third kappa shape index (κ3) is 5.28. The number of unbranched alkanes of at least 4 members (excludes halogenated alkanes) is 1. The molecule has 0 fully saturated rings. The van der Waals surface area contributed by atoms with Crippen LogP contribution in [0.2, 0.25) is 0 Å². The molecule has 1 N–H and O–H groups in total. The summed E-state index contributed by atoms with van der Waals surface area (Å²) in [6, 6.07) is 0.0100. The van der Waals surface area contributed by atoms with Crippen molar-refractivity contribution in [2.45, 2.75) is 26.7 Å². The van der Waals surface area contributed by atoms with Crippen LogP contribution in [0.4, 0.5) is 4.79 Å². The number of hydrogen-bond donors (Lipinski definition) is 1. The van der Waals surface area contributed by atoms with Gasteiger partial charge < -0.3 is 10.2 Å². The lowest BCUT2D eigenvalue weighted by Crippen LogP contribution is -2.40. The molecule has 0 spiro atoms. The highest BCUT2D eigenvalue weighted by Crippen LogP contribution is 1.90. The Kier molecular flexibility index (Phi) is 7.07. The van der Waals surface area contributed by atoms with E-state index >= 15 is 0 Å². The van der Waals surface area contributed by atoms with Gasteiger partial charge in [0.1, 0.15) is 0 Å². The van der Waals surface area contributed by atoms with Gasteiger partial charge in [-0.3, -0.25) is 0 Å². The number of amides is 2. The molecule has 0 aliphatic carbocycles. The van der Waals surface area contributed by atoms with Crippen molar-refractivity contribution >= 4 is 6.03 Å². The van der Waals surface area contributed by atoms with Gasteiger partial charge in [0.05, 0.1) is 0 Å². The van der Waals surface area contributed by atoms with Gasteiger partial charge in [-0.05, 0) is 13.3 Å². The molecule has 0 unspecified atom stereocenters. The summed E-state index contributed by atoms with van der Waals surface area (Å²) < 4.78 is 0. The maximum absolute atomic E-state index is 11.4. The number of carbonyl (C=O) groups excluding carboxylic acids is 1. The molecule has 0 aliphatic rings. The molecule has 2 amide bonds. The first-order valence-electron chi connectivity index (χ1n) is 4.89. The second-order valence-electron chi connectivity index (χ2n) is 2.91. The van der Waals surface area contributed by atoms with Crippen LogP contribution in [-0.4, -0.2) is 30.6 Å². The number of nitrogens with zero attached hydrogens (tertiary/aromatic N) is 1. The van der Waals surface area contributed by atoms with Crippen LogP contribution in [0.15, 0.2) is 12.7 Å². The largest absolute Gasteiger partial charge is 0.338 e. The maximum atomic E-state index is 11.4. The Morgan fingerprint density at radius 1 is 1.54 bits per heavy atom. The minimum Gasteiger partial charge on any atom is -0.338 e. The zero-order valence-corrected chi connectivity index (χ0v) is 8.68. The summed E-state index contributed by atoms with van der Waals surface area (Å²) in [6.45, 7) is 9.78. The second-order valence-corrected chi connectivity index (χ2v) is 2.91. The molecule has 0 saturated heterocycles. The number of carbonyl (C=O) groups is 1. The van der Waals surface area contributed by atoms with Gasteiger partial charge in [-0.1, -0.05) is 19.4 Å². The molecule has 3 heteroatoms. The molecule has 0 saturated carbocycles. The highest BCUT2D eigenvalue weighted by atomic mass is 16.2. The highest BCUT2D eigenvalue weighted by Gasteiger charge is 2.07. The number of hydrogen-bond acceptors (Lipinski definition) is 1. The van der Waals surface area contributed by atoms with Gasteiger partial charge in [0.25, 0.3) is 0 Å². The van der Waals surface area contributed by atoms with Crippen molar-refractivity contribution < 1.29 is 4.79 Å². The smallest absolute Gasteiger partial charge is 0.317 e. The van der Waals surface area contributed by atoms with E-state index in [4.69, 9.17) is 0 Å². The van der Waals surface area contributed by atoms with E-state index in [1.54, 1.807) is 11.0 Å². The molecule has 0 bridgehead atoms. The number of likely N-dealkylation sites (N-methyl/N-ethyl adjacent to an activating group) is 1. The van der Waals surface area contributed by atoms with Crippen molar-refractivity contribution in [1.29, 1.82) is 0 Å². The molecule has 13 heavy (non-hydrogen) atoms. The number of nitrogens with one attached hydrogen (secondary N) is 1. The van der Waals surface area contributed by atoms with Gasteiger partial charge in [-0.2, -0.15) is 0 Å². The van der Waals surface area contributed by atoms with Crippen LogP contribution >= 0.6 is 0 Å². The summed E-state index contributed by atoms with van der Waals surface area (Å²) in [6.07, 6.45) is 3.88. The van der Waals surface area contributed by atoms with Gasteiger partial charge in [0.15, 0.2) is 0 Å². The van der Waals surface area contributed by atoms with Crippen LogP contribution in [0.25, 0.3) is 0 Å². The first-order chi connectivity index (χ1) is 6.26. The standard InChI is InChI=1S/C10H20N2O/c1-4-7-8-11-10(13)12(6-3)9-5-2/h5H,2,4,6-9H2,1,3H3,(H,11,13). The Morgan fingerprint density at radius 2 is 2.23 bits per heavy atom. The lowest BCUT2D eigenvalue weighted by Gasteiger charge is -2.19. The normalized spacial score (nSPS) is 9.38. The first kappa shape index (κ1) is 12.0. The highest BCUT2D eigenvalue weighted by molar-refractivity contribution is 5.74. The van der Waals surface area contributed by atoms with Crippen molar-refractivity contribution in [2.75, 3.05) is 19.6 Å². The van der Waals surface area contributed by atoms with E-state index in [0.717, 1.165) is 25.9 Å². The van der Waals surface area contributed by atoms with E-state index in [1.165, 1.54) is 0 Å². The molecular weight excluding hydrogens is 164 g/mol. The fourth-order valence-electron chi connectivity index (χ4n) is 0.995. The molecule has 3 nitrogen and oxygen atoms in total.